The average molecular weight is 345 g/mol. The van der Waals surface area contributed by atoms with Gasteiger partial charge in [0.15, 0.2) is 0 Å². The Kier molecular flexibility index (Phi) is 4.41. The number of imide groups is 1. The summed E-state index contributed by atoms with van der Waals surface area (Å²) in [5.41, 5.74) is -0.148. The van der Waals surface area contributed by atoms with Crippen LogP contribution in [0.25, 0.3) is 0 Å². The molecule has 25 heavy (non-hydrogen) atoms. The molecule has 134 valence electrons. The molecule has 1 saturated carbocycles. The van der Waals surface area contributed by atoms with Crippen molar-refractivity contribution < 1.29 is 19.1 Å². The number of nitrogens with one attached hydrogen (secondary N) is 1. The number of ether oxygens (including phenoxy) is 1. The third kappa shape index (κ3) is 3.45. The lowest BCUT2D eigenvalue weighted by Gasteiger charge is -2.23. The number of urea groups is 1. The van der Waals surface area contributed by atoms with E-state index in [0.717, 1.165) is 29.1 Å². The molecule has 1 atom stereocenters. The maximum atomic E-state index is 12.8. The van der Waals surface area contributed by atoms with Crippen LogP contribution in [0.3, 0.4) is 0 Å². The van der Waals surface area contributed by atoms with Gasteiger partial charge in [0.2, 0.25) is 5.91 Å². The van der Waals surface area contributed by atoms with Crippen LogP contribution in [0.5, 0.6) is 5.75 Å². The Balaban J connectivity index is 1.69. The van der Waals surface area contributed by atoms with Crippen molar-refractivity contribution in [3.05, 3.63) is 29.8 Å². The van der Waals surface area contributed by atoms with E-state index in [9.17, 15) is 14.4 Å². The molecule has 0 spiro atoms. The van der Waals surface area contributed by atoms with E-state index in [4.69, 9.17) is 4.74 Å². The SMILES string of the molecule is COc1ccc(CC2(C)NC(=O)N(CC(=O)N(C)C3CC3)C2=O)cc1. The number of nitrogens with zero attached hydrogens (tertiary/aromatic N) is 2. The molecule has 0 radical (unpaired) electrons. The van der Waals surface area contributed by atoms with Crippen LogP contribution in [-0.2, 0) is 16.0 Å². The van der Waals surface area contributed by atoms with Gasteiger partial charge < -0.3 is 15.0 Å². The van der Waals surface area contributed by atoms with Gasteiger partial charge in [-0.15, -0.1) is 0 Å². The van der Waals surface area contributed by atoms with E-state index in [0.29, 0.717) is 6.42 Å². The van der Waals surface area contributed by atoms with Crippen molar-refractivity contribution in [2.75, 3.05) is 20.7 Å². The minimum Gasteiger partial charge on any atom is -0.497 e. The van der Waals surface area contributed by atoms with Crippen LogP contribution in [-0.4, -0.2) is 59.9 Å². The molecular formula is C18H23N3O4. The zero-order valence-electron chi connectivity index (χ0n) is 14.7. The Labute approximate surface area is 146 Å². The first-order valence-electron chi connectivity index (χ1n) is 8.37. The fourth-order valence-electron chi connectivity index (χ4n) is 3.07. The lowest BCUT2D eigenvalue weighted by atomic mass is 9.93. The Morgan fingerprint density at radius 3 is 2.52 bits per heavy atom. The van der Waals surface area contributed by atoms with Gasteiger partial charge in [0, 0.05) is 19.5 Å². The van der Waals surface area contributed by atoms with E-state index in [2.05, 4.69) is 5.32 Å². The summed E-state index contributed by atoms with van der Waals surface area (Å²) >= 11 is 0. The summed E-state index contributed by atoms with van der Waals surface area (Å²) in [7, 11) is 3.31. The number of hydrogen-bond acceptors (Lipinski definition) is 4. The Hall–Kier alpha value is -2.57. The zero-order valence-corrected chi connectivity index (χ0v) is 14.7. The zero-order chi connectivity index (χ0) is 18.2. The quantitative estimate of drug-likeness (QED) is 0.785. The average Bonchev–Trinajstić information content (AvgIpc) is 3.40. The fraction of sp³-hybridized carbons (Fsp3) is 0.500. The highest BCUT2D eigenvalue weighted by Gasteiger charge is 2.48. The monoisotopic (exact) mass is 345 g/mol. The smallest absolute Gasteiger partial charge is 0.325 e. The van der Waals surface area contributed by atoms with Gasteiger partial charge in [-0.1, -0.05) is 12.1 Å². The first-order valence-corrected chi connectivity index (χ1v) is 8.37. The summed E-state index contributed by atoms with van der Waals surface area (Å²) < 4.78 is 5.12. The second kappa shape index (κ2) is 6.38. The number of carbonyl (C=O) groups excluding carboxylic acids is 3. The molecule has 1 aromatic carbocycles. The summed E-state index contributed by atoms with van der Waals surface area (Å²) in [6.45, 7) is 1.47. The van der Waals surface area contributed by atoms with Crippen LogP contribution in [0.15, 0.2) is 24.3 Å². The molecule has 2 fully saturated rings. The van der Waals surface area contributed by atoms with Crippen molar-refractivity contribution in [2.24, 2.45) is 0 Å². The highest BCUT2D eigenvalue weighted by molar-refractivity contribution is 6.08. The molecule has 1 aromatic rings. The van der Waals surface area contributed by atoms with Crippen molar-refractivity contribution in [3.63, 3.8) is 0 Å². The molecule has 3 rings (SSSR count). The molecule has 0 aromatic heterocycles. The van der Waals surface area contributed by atoms with E-state index < -0.39 is 11.6 Å². The van der Waals surface area contributed by atoms with Crippen molar-refractivity contribution in [3.8, 4) is 5.75 Å². The molecule has 1 unspecified atom stereocenters. The highest BCUT2D eigenvalue weighted by atomic mass is 16.5. The van der Waals surface area contributed by atoms with Gasteiger partial charge in [-0.3, -0.25) is 14.5 Å². The summed E-state index contributed by atoms with van der Waals surface area (Å²) in [4.78, 5) is 39.9. The lowest BCUT2D eigenvalue weighted by molar-refractivity contribution is -0.138. The first kappa shape index (κ1) is 17.3. The number of rotatable bonds is 6. The largest absolute Gasteiger partial charge is 0.497 e. The maximum Gasteiger partial charge on any atom is 0.325 e. The van der Waals surface area contributed by atoms with Gasteiger partial charge in [0.1, 0.15) is 17.8 Å². The molecule has 7 nitrogen and oxygen atoms in total. The molecule has 1 heterocycles. The van der Waals surface area contributed by atoms with E-state index in [1.807, 2.05) is 24.3 Å². The number of benzene rings is 1. The molecule has 1 aliphatic carbocycles. The van der Waals surface area contributed by atoms with E-state index >= 15 is 0 Å². The number of amides is 4. The number of hydrogen-bond donors (Lipinski definition) is 1. The van der Waals surface area contributed by atoms with Crippen molar-refractivity contribution >= 4 is 17.8 Å². The number of carbonyl (C=O) groups is 3. The molecule has 0 bridgehead atoms. The number of likely N-dealkylation sites (N-methyl/N-ethyl adjacent to an activating group) is 1. The molecular weight excluding hydrogens is 322 g/mol. The fourth-order valence-corrected chi connectivity index (χ4v) is 3.07. The van der Waals surface area contributed by atoms with Gasteiger partial charge >= 0.3 is 6.03 Å². The minimum atomic E-state index is -1.05. The van der Waals surface area contributed by atoms with Crippen LogP contribution in [0.4, 0.5) is 4.79 Å². The lowest BCUT2D eigenvalue weighted by Crippen LogP contribution is -2.47. The second-order valence-electron chi connectivity index (χ2n) is 6.91. The highest BCUT2D eigenvalue weighted by Crippen LogP contribution is 2.27. The second-order valence-corrected chi connectivity index (χ2v) is 6.91. The molecule has 2 aliphatic rings. The third-order valence-corrected chi connectivity index (χ3v) is 4.84. The topological polar surface area (TPSA) is 79.0 Å². The molecule has 1 aliphatic heterocycles. The molecule has 4 amide bonds. The normalized spacial score (nSPS) is 22.8. The van der Waals surface area contributed by atoms with E-state index in [1.54, 1.807) is 26.0 Å². The maximum absolute atomic E-state index is 12.8. The molecule has 7 heteroatoms. The van der Waals surface area contributed by atoms with Gasteiger partial charge in [0.25, 0.3) is 5.91 Å². The Bertz CT molecular complexity index is 699. The van der Waals surface area contributed by atoms with Crippen LogP contribution < -0.4 is 10.1 Å². The Morgan fingerprint density at radius 1 is 1.32 bits per heavy atom. The first-order chi connectivity index (χ1) is 11.8. The molecule has 1 N–H and O–H groups in total. The molecule has 1 saturated heterocycles. The van der Waals surface area contributed by atoms with Crippen molar-refractivity contribution in [2.45, 2.75) is 37.8 Å². The standard InChI is InChI=1S/C18H23N3O4/c1-18(10-12-4-8-14(25-3)9-5-12)16(23)21(17(24)19-18)11-15(22)20(2)13-6-7-13/h4-5,8-9,13H,6-7,10-11H2,1-3H3,(H,19,24). The summed E-state index contributed by atoms with van der Waals surface area (Å²) in [6.07, 6.45) is 2.32. The van der Waals surface area contributed by atoms with Gasteiger partial charge in [-0.05, 0) is 37.5 Å². The summed E-state index contributed by atoms with van der Waals surface area (Å²) in [5.74, 6) is 0.150. The van der Waals surface area contributed by atoms with Crippen LogP contribution in [0, 0.1) is 0 Å². The Morgan fingerprint density at radius 2 is 1.96 bits per heavy atom. The number of methoxy groups -OCH3 is 1. The van der Waals surface area contributed by atoms with Gasteiger partial charge in [-0.25, -0.2) is 4.79 Å². The van der Waals surface area contributed by atoms with E-state index in [-0.39, 0.29) is 24.4 Å². The van der Waals surface area contributed by atoms with Crippen LogP contribution in [0.1, 0.15) is 25.3 Å². The predicted octanol–water partition coefficient (Wildman–Crippen LogP) is 1.17. The van der Waals surface area contributed by atoms with Gasteiger partial charge in [0.05, 0.1) is 7.11 Å². The third-order valence-electron chi connectivity index (χ3n) is 4.84. The van der Waals surface area contributed by atoms with Crippen LogP contribution in [0.2, 0.25) is 0 Å². The predicted molar refractivity (Wildman–Crippen MR) is 91.1 cm³/mol. The van der Waals surface area contributed by atoms with Crippen molar-refractivity contribution in [1.82, 2.24) is 15.1 Å². The van der Waals surface area contributed by atoms with E-state index in [1.165, 1.54) is 0 Å². The van der Waals surface area contributed by atoms with Crippen molar-refractivity contribution in [1.29, 1.82) is 0 Å². The van der Waals surface area contributed by atoms with Crippen LogP contribution >= 0.6 is 0 Å². The van der Waals surface area contributed by atoms with Gasteiger partial charge in [-0.2, -0.15) is 0 Å². The summed E-state index contributed by atoms with van der Waals surface area (Å²) in [6, 6.07) is 7.08. The summed E-state index contributed by atoms with van der Waals surface area (Å²) in [5, 5.41) is 2.73. The minimum absolute atomic E-state index is 0.209.